The molecule has 0 aromatic heterocycles. The first kappa shape index (κ1) is 10.5. The van der Waals surface area contributed by atoms with Crippen LogP contribution in [0.4, 0.5) is 0 Å². The number of hydrogen-bond donors (Lipinski definition) is 0. The zero-order chi connectivity index (χ0) is 6.99. The van der Waals surface area contributed by atoms with E-state index in [4.69, 9.17) is 0 Å². The van der Waals surface area contributed by atoms with E-state index in [0.717, 1.165) is 12.3 Å². The standard InChI is InChI=1S/C6H12.C2H4/c1-4-5-6(2)3;1-2/h4,6H,1,5H2,2-3H3;1-2H2. The molecule has 0 bridgehead atoms. The molecule has 0 spiro atoms. The van der Waals surface area contributed by atoms with E-state index >= 15 is 0 Å². The Kier molecular flexibility index (Phi) is 12.7. The van der Waals surface area contributed by atoms with Crippen molar-refractivity contribution >= 4 is 0 Å². The summed E-state index contributed by atoms with van der Waals surface area (Å²) in [7, 11) is 0. The lowest BCUT2D eigenvalue weighted by atomic mass is 10.1. The molecule has 0 aromatic rings. The zero-order valence-corrected chi connectivity index (χ0v) is 5.98. The fourth-order valence-electron chi connectivity index (χ4n) is 0.333. The zero-order valence-electron chi connectivity index (χ0n) is 5.98. The summed E-state index contributed by atoms with van der Waals surface area (Å²) in [5, 5.41) is 0. The molecule has 0 heteroatoms. The van der Waals surface area contributed by atoms with Gasteiger partial charge in [0.2, 0.25) is 0 Å². The first-order valence-corrected chi connectivity index (χ1v) is 2.88. The molecule has 48 valence electrons. The smallest absolute Gasteiger partial charge is 0.0330 e. The number of hydrogen-bond acceptors (Lipinski definition) is 0. The Bertz CT molecular complexity index is 44.0. The molecule has 0 fully saturated rings. The van der Waals surface area contributed by atoms with Crippen LogP contribution in [0.2, 0.25) is 0 Å². The molecule has 0 aliphatic rings. The summed E-state index contributed by atoms with van der Waals surface area (Å²) in [5.74, 6) is 0.780. The molecule has 0 aliphatic carbocycles. The largest absolute Gasteiger partial charge is 0.106 e. The third kappa shape index (κ3) is 17.9. The quantitative estimate of drug-likeness (QED) is 0.482. The molecule has 0 nitrogen and oxygen atoms in total. The fraction of sp³-hybridized carbons (Fsp3) is 0.500. The average Bonchev–Trinajstić information content (AvgIpc) is 1.72. The molecular formula is C8H16. The first-order valence-electron chi connectivity index (χ1n) is 2.88. The number of allylic oxidation sites excluding steroid dienone is 1. The molecule has 0 N–H and O–H groups in total. The highest BCUT2D eigenvalue weighted by Crippen LogP contribution is 1.96. The van der Waals surface area contributed by atoms with Gasteiger partial charge in [0.05, 0.1) is 0 Å². The van der Waals surface area contributed by atoms with Gasteiger partial charge in [-0.3, -0.25) is 0 Å². The Hall–Kier alpha value is -0.520. The van der Waals surface area contributed by atoms with Gasteiger partial charge in [0, 0.05) is 0 Å². The Morgan fingerprint density at radius 1 is 1.38 bits per heavy atom. The average molecular weight is 112 g/mol. The molecule has 0 amide bonds. The van der Waals surface area contributed by atoms with Gasteiger partial charge in [0.1, 0.15) is 0 Å². The monoisotopic (exact) mass is 112 g/mol. The van der Waals surface area contributed by atoms with E-state index in [1.54, 1.807) is 0 Å². The van der Waals surface area contributed by atoms with Crippen LogP contribution >= 0.6 is 0 Å². The third-order valence-corrected chi connectivity index (χ3v) is 0.638. The summed E-state index contributed by atoms with van der Waals surface area (Å²) in [6.07, 6.45) is 3.09. The van der Waals surface area contributed by atoms with Crippen LogP contribution in [-0.4, -0.2) is 0 Å². The van der Waals surface area contributed by atoms with Crippen molar-refractivity contribution in [2.45, 2.75) is 20.3 Å². The molecule has 0 atom stereocenters. The van der Waals surface area contributed by atoms with E-state index < -0.39 is 0 Å². The summed E-state index contributed by atoms with van der Waals surface area (Å²) in [4.78, 5) is 0. The van der Waals surface area contributed by atoms with E-state index in [1.165, 1.54) is 0 Å². The van der Waals surface area contributed by atoms with Crippen molar-refractivity contribution in [3.8, 4) is 0 Å². The molecule has 0 aliphatic heterocycles. The summed E-state index contributed by atoms with van der Waals surface area (Å²) in [5.41, 5.74) is 0. The molecule has 0 saturated carbocycles. The van der Waals surface area contributed by atoms with Crippen LogP contribution in [0.5, 0.6) is 0 Å². The fourth-order valence-corrected chi connectivity index (χ4v) is 0.333. The molecule has 0 aromatic carbocycles. The minimum atomic E-state index is 0.780. The van der Waals surface area contributed by atoms with Gasteiger partial charge in [-0.05, 0) is 12.3 Å². The summed E-state index contributed by atoms with van der Waals surface area (Å²) < 4.78 is 0. The maximum atomic E-state index is 3.60. The van der Waals surface area contributed by atoms with Crippen LogP contribution in [-0.2, 0) is 0 Å². The first-order chi connectivity index (χ1) is 3.77. The minimum absolute atomic E-state index is 0.780. The van der Waals surface area contributed by atoms with Crippen LogP contribution in [0.25, 0.3) is 0 Å². The Morgan fingerprint density at radius 2 is 1.75 bits per heavy atom. The van der Waals surface area contributed by atoms with Crippen LogP contribution < -0.4 is 0 Å². The Balaban J connectivity index is 0. The molecule has 0 heterocycles. The second-order valence-corrected chi connectivity index (χ2v) is 1.92. The van der Waals surface area contributed by atoms with Gasteiger partial charge in [-0.25, -0.2) is 0 Å². The van der Waals surface area contributed by atoms with Crippen molar-refractivity contribution in [2.24, 2.45) is 5.92 Å². The molecule has 8 heavy (non-hydrogen) atoms. The van der Waals surface area contributed by atoms with Gasteiger partial charge >= 0.3 is 0 Å². The van der Waals surface area contributed by atoms with Crippen LogP contribution in [0.1, 0.15) is 20.3 Å². The van der Waals surface area contributed by atoms with E-state index in [0.29, 0.717) is 0 Å². The maximum absolute atomic E-state index is 3.60. The van der Waals surface area contributed by atoms with E-state index in [9.17, 15) is 0 Å². The Morgan fingerprint density at radius 3 is 1.75 bits per heavy atom. The SMILES string of the molecule is C=C.C=CCC(C)C. The summed E-state index contributed by atoms with van der Waals surface area (Å²) >= 11 is 0. The van der Waals surface area contributed by atoms with Gasteiger partial charge in [-0.1, -0.05) is 19.9 Å². The van der Waals surface area contributed by atoms with Crippen molar-refractivity contribution in [1.29, 1.82) is 0 Å². The van der Waals surface area contributed by atoms with E-state index in [2.05, 4.69) is 33.6 Å². The maximum Gasteiger partial charge on any atom is -0.0330 e. The summed E-state index contributed by atoms with van der Waals surface area (Å²) in [6, 6.07) is 0. The van der Waals surface area contributed by atoms with E-state index in [1.807, 2.05) is 6.08 Å². The van der Waals surface area contributed by atoms with Gasteiger partial charge in [-0.2, -0.15) is 0 Å². The molecule has 0 radical (unpaired) electrons. The molecular weight excluding hydrogens is 96.1 g/mol. The highest BCUT2D eigenvalue weighted by molar-refractivity contribution is 4.67. The molecule has 0 rings (SSSR count). The second kappa shape index (κ2) is 9.70. The highest BCUT2D eigenvalue weighted by Gasteiger charge is 1.82. The third-order valence-electron chi connectivity index (χ3n) is 0.638. The van der Waals surface area contributed by atoms with Gasteiger partial charge in [-0.15, -0.1) is 19.7 Å². The van der Waals surface area contributed by atoms with Crippen molar-refractivity contribution in [1.82, 2.24) is 0 Å². The molecule has 0 unspecified atom stereocenters. The Labute approximate surface area is 52.9 Å². The highest BCUT2D eigenvalue weighted by atomic mass is 13.9. The van der Waals surface area contributed by atoms with E-state index in [-0.39, 0.29) is 0 Å². The van der Waals surface area contributed by atoms with Crippen molar-refractivity contribution in [3.63, 3.8) is 0 Å². The van der Waals surface area contributed by atoms with Crippen molar-refractivity contribution in [3.05, 3.63) is 25.8 Å². The lowest BCUT2D eigenvalue weighted by Crippen LogP contribution is -1.78. The summed E-state index contributed by atoms with van der Waals surface area (Å²) in [6.45, 7) is 14.0. The van der Waals surface area contributed by atoms with Crippen LogP contribution in [0, 0.1) is 5.92 Å². The van der Waals surface area contributed by atoms with Crippen LogP contribution in [0.3, 0.4) is 0 Å². The predicted molar refractivity (Wildman–Crippen MR) is 40.9 cm³/mol. The number of rotatable bonds is 2. The topological polar surface area (TPSA) is 0 Å². The van der Waals surface area contributed by atoms with Gasteiger partial charge in [0.25, 0.3) is 0 Å². The van der Waals surface area contributed by atoms with Gasteiger partial charge < -0.3 is 0 Å². The lowest BCUT2D eigenvalue weighted by Gasteiger charge is -1.92. The lowest BCUT2D eigenvalue weighted by molar-refractivity contribution is 0.664. The minimum Gasteiger partial charge on any atom is -0.106 e. The van der Waals surface area contributed by atoms with Crippen molar-refractivity contribution < 1.29 is 0 Å². The van der Waals surface area contributed by atoms with Crippen LogP contribution in [0.15, 0.2) is 25.8 Å². The molecule has 0 saturated heterocycles. The predicted octanol–water partition coefficient (Wildman–Crippen LogP) is 3.02. The van der Waals surface area contributed by atoms with Gasteiger partial charge in [0.15, 0.2) is 0 Å². The second-order valence-electron chi connectivity index (χ2n) is 1.92. The normalized spacial score (nSPS) is 7.38. The van der Waals surface area contributed by atoms with Crippen molar-refractivity contribution in [2.75, 3.05) is 0 Å².